The van der Waals surface area contributed by atoms with Crippen LogP contribution in [0.4, 0.5) is 11.8 Å². The number of fused-ring (bicyclic) bond motifs is 1. The Bertz CT molecular complexity index is 1060. The van der Waals surface area contributed by atoms with Gasteiger partial charge < -0.3 is 29.7 Å². The fraction of sp³-hybridized carbons (Fsp3) is 0.429. The molecule has 2 fully saturated rings. The van der Waals surface area contributed by atoms with Gasteiger partial charge in [-0.1, -0.05) is 0 Å². The van der Waals surface area contributed by atoms with E-state index in [-0.39, 0.29) is 11.5 Å². The van der Waals surface area contributed by atoms with Gasteiger partial charge in [-0.05, 0) is 43.9 Å². The second kappa shape index (κ2) is 6.72. The zero-order chi connectivity index (χ0) is 20.1. The van der Waals surface area contributed by atoms with Gasteiger partial charge in [0.25, 0.3) is 0 Å². The molecule has 0 amide bonds. The highest BCUT2D eigenvalue weighted by Crippen LogP contribution is 2.41. The molecule has 1 aromatic carbocycles. The van der Waals surface area contributed by atoms with Crippen molar-refractivity contribution in [2.75, 3.05) is 36.0 Å². The van der Waals surface area contributed by atoms with E-state index >= 15 is 0 Å². The average Bonchev–Trinajstić information content (AvgIpc) is 3.47. The number of phenols is 3. The Kier molecular flexibility index (Phi) is 4.15. The van der Waals surface area contributed by atoms with E-state index < -0.39 is 5.75 Å². The van der Waals surface area contributed by atoms with Gasteiger partial charge >= 0.3 is 0 Å². The molecule has 2 aromatic heterocycles. The maximum atomic E-state index is 9.96. The lowest BCUT2D eigenvalue weighted by atomic mass is 10.1. The fourth-order valence-corrected chi connectivity index (χ4v) is 4.42. The summed E-state index contributed by atoms with van der Waals surface area (Å²) < 4.78 is 1.96. The molecule has 0 saturated carbocycles. The third kappa shape index (κ3) is 2.90. The van der Waals surface area contributed by atoms with Crippen LogP contribution >= 0.6 is 0 Å². The minimum Gasteiger partial charge on any atom is -0.504 e. The summed E-state index contributed by atoms with van der Waals surface area (Å²) in [6.45, 7) is 3.91. The average molecular weight is 395 g/mol. The maximum absolute atomic E-state index is 9.96. The van der Waals surface area contributed by atoms with Crippen LogP contribution in [0.2, 0.25) is 0 Å². The standard InChI is InChI=1S/C21H25N5O3/c1-24-15(13-10-16(27)18(29)17(28)11-13)12-14-19(24)22-21(26-8-4-5-9-26)23-20(14)25-6-2-3-7-25/h10-12,27-29H,2-9H2,1H3. The monoisotopic (exact) mass is 395 g/mol. The fourth-order valence-electron chi connectivity index (χ4n) is 4.42. The molecular formula is C21H25N5O3. The largest absolute Gasteiger partial charge is 0.504 e. The SMILES string of the molecule is Cn1c(-c2cc(O)c(O)c(O)c2)cc2c(N3CCCC3)nc(N3CCCC3)nc21. The first-order valence-electron chi connectivity index (χ1n) is 10.2. The molecule has 4 heterocycles. The van der Waals surface area contributed by atoms with Crippen molar-refractivity contribution in [3.05, 3.63) is 18.2 Å². The molecular weight excluding hydrogens is 370 g/mol. The van der Waals surface area contributed by atoms with Crippen molar-refractivity contribution in [2.24, 2.45) is 7.05 Å². The van der Waals surface area contributed by atoms with E-state index in [1.54, 1.807) is 0 Å². The summed E-state index contributed by atoms with van der Waals surface area (Å²) in [6, 6.07) is 4.91. The molecule has 2 saturated heterocycles. The molecule has 0 bridgehead atoms. The molecule has 0 atom stereocenters. The van der Waals surface area contributed by atoms with Crippen LogP contribution in [0.25, 0.3) is 22.3 Å². The number of nitrogens with zero attached hydrogens (tertiary/aromatic N) is 5. The van der Waals surface area contributed by atoms with E-state index in [1.807, 2.05) is 17.7 Å². The van der Waals surface area contributed by atoms with Crippen LogP contribution in [0.3, 0.4) is 0 Å². The van der Waals surface area contributed by atoms with Gasteiger partial charge in [0, 0.05) is 38.8 Å². The maximum Gasteiger partial charge on any atom is 0.229 e. The molecule has 3 N–H and O–H groups in total. The van der Waals surface area contributed by atoms with E-state index in [0.717, 1.165) is 80.4 Å². The van der Waals surface area contributed by atoms with Crippen molar-refractivity contribution in [3.63, 3.8) is 0 Å². The van der Waals surface area contributed by atoms with Crippen molar-refractivity contribution in [1.82, 2.24) is 14.5 Å². The number of phenolic OH excluding ortho intramolecular Hbond substituents is 3. The van der Waals surface area contributed by atoms with Crippen molar-refractivity contribution in [2.45, 2.75) is 25.7 Å². The number of hydrogen-bond acceptors (Lipinski definition) is 7. The summed E-state index contributed by atoms with van der Waals surface area (Å²) >= 11 is 0. The summed E-state index contributed by atoms with van der Waals surface area (Å²) in [5.74, 6) is 0.494. The van der Waals surface area contributed by atoms with Gasteiger partial charge in [-0.3, -0.25) is 0 Å². The topological polar surface area (TPSA) is 97.9 Å². The van der Waals surface area contributed by atoms with Gasteiger partial charge in [-0.2, -0.15) is 9.97 Å². The third-order valence-electron chi connectivity index (χ3n) is 6.01. The first kappa shape index (κ1) is 17.9. The molecule has 8 heteroatoms. The number of anilines is 2. The van der Waals surface area contributed by atoms with Crippen LogP contribution in [-0.2, 0) is 7.05 Å². The number of aromatic hydroxyl groups is 3. The lowest BCUT2D eigenvalue weighted by molar-refractivity contribution is 0.368. The van der Waals surface area contributed by atoms with Gasteiger partial charge in [-0.15, -0.1) is 0 Å². The van der Waals surface area contributed by atoms with Crippen molar-refractivity contribution in [3.8, 4) is 28.5 Å². The molecule has 3 aromatic rings. The Morgan fingerprint density at radius 2 is 1.38 bits per heavy atom. The quantitative estimate of drug-likeness (QED) is 0.587. The van der Waals surface area contributed by atoms with E-state index in [0.29, 0.717) is 5.56 Å². The smallest absolute Gasteiger partial charge is 0.229 e. The first-order valence-corrected chi connectivity index (χ1v) is 10.2. The molecule has 0 radical (unpaired) electrons. The highest BCUT2D eigenvalue weighted by Gasteiger charge is 2.25. The molecule has 29 heavy (non-hydrogen) atoms. The Balaban J connectivity index is 1.71. The van der Waals surface area contributed by atoms with Crippen LogP contribution in [0.5, 0.6) is 17.2 Å². The molecule has 5 rings (SSSR count). The molecule has 2 aliphatic rings. The Labute approximate surface area is 168 Å². The number of aromatic nitrogens is 3. The van der Waals surface area contributed by atoms with E-state index in [1.165, 1.54) is 12.1 Å². The third-order valence-corrected chi connectivity index (χ3v) is 6.01. The second-order valence-corrected chi connectivity index (χ2v) is 7.92. The first-order chi connectivity index (χ1) is 14.0. The van der Waals surface area contributed by atoms with Crippen molar-refractivity contribution < 1.29 is 15.3 Å². The zero-order valence-electron chi connectivity index (χ0n) is 16.5. The number of hydrogen-bond donors (Lipinski definition) is 3. The molecule has 0 spiro atoms. The molecule has 0 unspecified atom stereocenters. The predicted molar refractivity (Wildman–Crippen MR) is 112 cm³/mol. The van der Waals surface area contributed by atoms with Crippen LogP contribution in [-0.4, -0.2) is 56.0 Å². The van der Waals surface area contributed by atoms with E-state index in [4.69, 9.17) is 9.97 Å². The number of aryl methyl sites for hydroxylation is 1. The molecule has 152 valence electrons. The number of benzene rings is 1. The Hall–Kier alpha value is -3.16. The Morgan fingerprint density at radius 3 is 2.00 bits per heavy atom. The lowest BCUT2D eigenvalue weighted by Gasteiger charge is -2.21. The summed E-state index contributed by atoms with van der Waals surface area (Å²) in [7, 11) is 1.92. The summed E-state index contributed by atoms with van der Waals surface area (Å²) in [5, 5.41) is 30.6. The van der Waals surface area contributed by atoms with Crippen LogP contribution in [0, 0.1) is 0 Å². The van der Waals surface area contributed by atoms with Gasteiger partial charge in [0.15, 0.2) is 17.2 Å². The van der Waals surface area contributed by atoms with Crippen molar-refractivity contribution >= 4 is 22.8 Å². The van der Waals surface area contributed by atoms with Crippen LogP contribution in [0.15, 0.2) is 18.2 Å². The highest BCUT2D eigenvalue weighted by molar-refractivity contribution is 5.94. The minimum atomic E-state index is -0.513. The van der Waals surface area contributed by atoms with E-state index in [2.05, 4.69) is 9.80 Å². The zero-order valence-corrected chi connectivity index (χ0v) is 16.5. The van der Waals surface area contributed by atoms with Gasteiger partial charge in [0.05, 0.1) is 11.1 Å². The molecule has 2 aliphatic heterocycles. The Morgan fingerprint density at radius 1 is 0.793 bits per heavy atom. The highest BCUT2D eigenvalue weighted by atomic mass is 16.3. The van der Waals surface area contributed by atoms with Gasteiger partial charge in [0.2, 0.25) is 5.95 Å². The minimum absolute atomic E-state index is 0.353. The van der Waals surface area contributed by atoms with Gasteiger partial charge in [-0.25, -0.2) is 0 Å². The molecule has 0 aliphatic carbocycles. The summed E-state index contributed by atoms with van der Waals surface area (Å²) in [4.78, 5) is 14.4. The van der Waals surface area contributed by atoms with Crippen LogP contribution < -0.4 is 9.80 Å². The summed E-state index contributed by atoms with van der Waals surface area (Å²) in [5.41, 5.74) is 2.22. The second-order valence-electron chi connectivity index (χ2n) is 7.92. The van der Waals surface area contributed by atoms with E-state index in [9.17, 15) is 15.3 Å². The summed E-state index contributed by atoms with van der Waals surface area (Å²) in [6.07, 6.45) is 4.63. The van der Waals surface area contributed by atoms with Crippen molar-refractivity contribution in [1.29, 1.82) is 0 Å². The predicted octanol–water partition coefficient (Wildman–Crippen LogP) is 2.95. The molecule has 8 nitrogen and oxygen atoms in total. The number of rotatable bonds is 3. The lowest BCUT2D eigenvalue weighted by Crippen LogP contribution is -2.24. The van der Waals surface area contributed by atoms with Gasteiger partial charge in [0.1, 0.15) is 11.5 Å². The normalized spacial score (nSPS) is 17.0. The van der Waals surface area contributed by atoms with Crippen LogP contribution in [0.1, 0.15) is 25.7 Å².